The predicted octanol–water partition coefficient (Wildman–Crippen LogP) is 6.44. The molecule has 0 aromatic heterocycles. The summed E-state index contributed by atoms with van der Waals surface area (Å²) < 4.78 is 43.5. The van der Waals surface area contributed by atoms with Crippen LogP contribution in [-0.2, 0) is 16.7 Å². The van der Waals surface area contributed by atoms with Crippen LogP contribution in [0.4, 0.5) is 13.2 Å². The lowest BCUT2D eigenvalue weighted by Gasteiger charge is -2.10. The molecule has 0 unspecified atom stereocenters. The highest BCUT2D eigenvalue weighted by Gasteiger charge is 2.29. The molecule has 0 bridgehead atoms. The highest BCUT2D eigenvalue weighted by Crippen LogP contribution is 2.32. The van der Waals surface area contributed by atoms with Crippen molar-refractivity contribution in [3.63, 3.8) is 0 Å². The van der Waals surface area contributed by atoms with E-state index in [4.69, 9.17) is 9.84 Å². The number of aliphatic carboxylic acids is 1. The first-order valence-corrected chi connectivity index (χ1v) is 10.1. The zero-order valence-electron chi connectivity index (χ0n) is 16.1. The van der Waals surface area contributed by atoms with Crippen LogP contribution in [0.3, 0.4) is 0 Å². The summed E-state index contributed by atoms with van der Waals surface area (Å²) >= 11 is 1.61. The van der Waals surface area contributed by atoms with Crippen molar-refractivity contribution in [3.05, 3.63) is 83.4 Å². The van der Waals surface area contributed by atoms with E-state index >= 15 is 0 Å². The van der Waals surface area contributed by atoms with Gasteiger partial charge in [0.05, 0.1) is 5.56 Å². The van der Waals surface area contributed by atoms with Gasteiger partial charge in [0.2, 0.25) is 0 Å². The van der Waals surface area contributed by atoms with E-state index in [1.165, 1.54) is 12.1 Å². The first-order valence-electron chi connectivity index (χ1n) is 9.07. The van der Waals surface area contributed by atoms with Crippen molar-refractivity contribution in [2.45, 2.75) is 23.7 Å². The van der Waals surface area contributed by atoms with E-state index < -0.39 is 17.7 Å². The Morgan fingerprint density at radius 3 is 2.37 bits per heavy atom. The average Bonchev–Trinajstić information content (AvgIpc) is 2.71. The number of carboxylic acid groups (broad SMARTS) is 1. The summed E-state index contributed by atoms with van der Waals surface area (Å²) in [7, 11) is 0. The largest absolute Gasteiger partial charge is 0.482 e. The fourth-order valence-corrected chi connectivity index (χ4v) is 3.81. The maximum absolute atomic E-state index is 12.7. The lowest BCUT2D eigenvalue weighted by Crippen LogP contribution is -2.09. The average molecular weight is 432 g/mol. The number of hydrogen-bond donors (Lipinski definition) is 1. The lowest BCUT2D eigenvalue weighted by molar-refractivity contribution is -0.139. The third kappa shape index (κ3) is 5.79. The molecule has 3 nitrogen and oxygen atoms in total. The van der Waals surface area contributed by atoms with Crippen LogP contribution in [0.1, 0.15) is 16.7 Å². The van der Waals surface area contributed by atoms with Crippen molar-refractivity contribution in [1.82, 2.24) is 0 Å². The summed E-state index contributed by atoms with van der Waals surface area (Å²) in [5, 5.41) is 8.71. The Labute approximate surface area is 176 Å². The second kappa shape index (κ2) is 9.26. The maximum Gasteiger partial charge on any atom is 0.416 e. The quantitative estimate of drug-likeness (QED) is 0.437. The Kier molecular flexibility index (Phi) is 6.72. The zero-order chi connectivity index (χ0) is 21.7. The molecule has 0 radical (unpaired) electrons. The van der Waals surface area contributed by atoms with Crippen LogP contribution in [0.15, 0.2) is 71.6 Å². The molecule has 7 heteroatoms. The minimum absolute atomic E-state index is 0.385. The normalized spacial score (nSPS) is 11.3. The Morgan fingerprint density at radius 2 is 1.73 bits per heavy atom. The molecule has 0 spiro atoms. The minimum atomic E-state index is -4.34. The molecular weight excluding hydrogens is 413 g/mol. The number of halogens is 3. The molecule has 156 valence electrons. The number of thioether (sulfide) groups is 1. The van der Waals surface area contributed by atoms with Crippen LogP contribution in [0.25, 0.3) is 11.1 Å². The van der Waals surface area contributed by atoms with Gasteiger partial charge in [0.15, 0.2) is 6.61 Å². The molecule has 0 heterocycles. The topological polar surface area (TPSA) is 46.5 Å². The SMILES string of the molecule is Cc1cc(SCc2cccc(-c3ccc(C(F)(F)F)cc3)c2)ccc1OCC(=O)O. The molecule has 3 aromatic carbocycles. The maximum atomic E-state index is 12.7. The summed E-state index contributed by atoms with van der Waals surface area (Å²) in [5.74, 6) is 0.190. The second-order valence-electron chi connectivity index (χ2n) is 6.67. The summed E-state index contributed by atoms with van der Waals surface area (Å²) in [5.41, 5.74) is 2.81. The predicted molar refractivity (Wildman–Crippen MR) is 111 cm³/mol. The number of carboxylic acids is 1. The molecule has 0 saturated heterocycles. The van der Waals surface area contributed by atoms with Crippen molar-refractivity contribution in [1.29, 1.82) is 0 Å². The number of ether oxygens (including phenoxy) is 1. The fraction of sp³-hybridized carbons (Fsp3) is 0.174. The van der Waals surface area contributed by atoms with Crippen molar-refractivity contribution in [2.75, 3.05) is 6.61 Å². The van der Waals surface area contributed by atoms with E-state index in [9.17, 15) is 18.0 Å². The van der Waals surface area contributed by atoms with Gasteiger partial charge in [0, 0.05) is 10.6 Å². The Hall–Kier alpha value is -2.93. The van der Waals surface area contributed by atoms with Crippen LogP contribution >= 0.6 is 11.8 Å². The van der Waals surface area contributed by atoms with Crippen LogP contribution in [0.2, 0.25) is 0 Å². The van der Waals surface area contributed by atoms with E-state index in [0.29, 0.717) is 11.5 Å². The summed E-state index contributed by atoms with van der Waals surface area (Å²) in [4.78, 5) is 11.6. The van der Waals surface area contributed by atoms with E-state index in [2.05, 4.69) is 0 Å². The molecule has 0 aliphatic rings. The van der Waals surface area contributed by atoms with E-state index in [1.54, 1.807) is 17.8 Å². The molecule has 30 heavy (non-hydrogen) atoms. The zero-order valence-corrected chi connectivity index (χ0v) is 16.9. The monoisotopic (exact) mass is 432 g/mol. The van der Waals surface area contributed by atoms with Crippen molar-refractivity contribution in [3.8, 4) is 16.9 Å². The summed E-state index contributed by atoms with van der Waals surface area (Å²) in [6.07, 6.45) is -4.34. The molecule has 0 fully saturated rings. The molecule has 0 saturated carbocycles. The van der Waals surface area contributed by atoms with Crippen LogP contribution < -0.4 is 4.74 Å². The molecule has 3 rings (SSSR count). The van der Waals surface area contributed by atoms with Crippen LogP contribution in [-0.4, -0.2) is 17.7 Å². The van der Waals surface area contributed by atoms with E-state index in [1.807, 2.05) is 43.3 Å². The summed E-state index contributed by atoms with van der Waals surface area (Å²) in [6, 6.07) is 18.4. The number of carbonyl (C=O) groups is 1. The number of alkyl halides is 3. The molecule has 0 atom stereocenters. The number of rotatable bonds is 7. The van der Waals surface area contributed by atoms with Crippen LogP contribution in [0, 0.1) is 6.92 Å². The van der Waals surface area contributed by atoms with Gasteiger partial charge in [0.1, 0.15) is 5.75 Å². The first-order chi connectivity index (χ1) is 14.2. The highest BCUT2D eigenvalue weighted by atomic mass is 32.2. The minimum Gasteiger partial charge on any atom is -0.482 e. The van der Waals surface area contributed by atoms with Gasteiger partial charge in [-0.15, -0.1) is 11.8 Å². The third-order valence-electron chi connectivity index (χ3n) is 4.38. The number of benzene rings is 3. The number of hydrogen-bond acceptors (Lipinski definition) is 3. The van der Waals surface area contributed by atoms with Gasteiger partial charge in [-0.3, -0.25) is 0 Å². The van der Waals surface area contributed by atoms with Crippen LogP contribution in [0.5, 0.6) is 5.75 Å². The number of aryl methyl sites for hydroxylation is 1. The fourth-order valence-electron chi connectivity index (χ4n) is 2.87. The molecule has 0 amide bonds. The molecule has 3 aromatic rings. The van der Waals surface area contributed by atoms with Gasteiger partial charge in [-0.1, -0.05) is 36.4 Å². The van der Waals surface area contributed by atoms with Crippen molar-refractivity contribution >= 4 is 17.7 Å². The summed E-state index contributed by atoms with van der Waals surface area (Å²) in [6.45, 7) is 1.47. The smallest absolute Gasteiger partial charge is 0.416 e. The van der Waals surface area contributed by atoms with Gasteiger partial charge < -0.3 is 9.84 Å². The van der Waals surface area contributed by atoms with Gasteiger partial charge in [-0.2, -0.15) is 13.2 Å². The lowest BCUT2D eigenvalue weighted by atomic mass is 10.0. The molecule has 0 aliphatic heterocycles. The van der Waals surface area contributed by atoms with E-state index in [-0.39, 0.29) is 6.61 Å². The van der Waals surface area contributed by atoms with Gasteiger partial charge in [-0.05, 0) is 59.5 Å². The Balaban J connectivity index is 1.67. The van der Waals surface area contributed by atoms with Gasteiger partial charge in [-0.25, -0.2) is 4.79 Å². The van der Waals surface area contributed by atoms with Gasteiger partial charge in [0.25, 0.3) is 0 Å². The first kappa shape index (κ1) is 21.8. The molecule has 0 aliphatic carbocycles. The van der Waals surface area contributed by atoms with E-state index in [0.717, 1.165) is 39.3 Å². The van der Waals surface area contributed by atoms with Crippen molar-refractivity contribution in [2.24, 2.45) is 0 Å². The second-order valence-corrected chi connectivity index (χ2v) is 7.72. The van der Waals surface area contributed by atoms with Gasteiger partial charge >= 0.3 is 12.1 Å². The third-order valence-corrected chi connectivity index (χ3v) is 5.44. The highest BCUT2D eigenvalue weighted by molar-refractivity contribution is 7.98. The standard InChI is InChI=1S/C23H19F3O3S/c1-15-11-20(9-10-21(15)29-13-22(27)28)30-14-16-3-2-4-18(12-16)17-5-7-19(8-6-17)23(24,25)26/h2-12H,13-14H2,1H3,(H,27,28). The Bertz CT molecular complexity index is 1030. The van der Waals surface area contributed by atoms with Crippen molar-refractivity contribution < 1.29 is 27.8 Å². The molecular formula is C23H19F3O3S. The molecule has 1 N–H and O–H groups in total. The Morgan fingerprint density at radius 1 is 1.00 bits per heavy atom.